The summed E-state index contributed by atoms with van der Waals surface area (Å²) in [5.41, 5.74) is -0.873. The molecule has 1 aromatic rings. The number of aromatic nitrogens is 1. The van der Waals surface area contributed by atoms with E-state index in [9.17, 15) is 19.2 Å². The molecule has 3 rings (SSSR count). The summed E-state index contributed by atoms with van der Waals surface area (Å²) in [4.78, 5) is 64.5. The van der Waals surface area contributed by atoms with E-state index < -0.39 is 46.7 Å². The summed E-state index contributed by atoms with van der Waals surface area (Å²) in [7, 11) is 0. The third-order valence-corrected chi connectivity index (χ3v) is 5.62. The number of rotatable bonds is 7. The number of amides is 3. The molecule has 3 amide bonds. The fourth-order valence-electron chi connectivity index (χ4n) is 3.05. The number of esters is 1. The zero-order valence-electron chi connectivity index (χ0n) is 21.1. The first-order valence-corrected chi connectivity index (χ1v) is 12.2. The van der Waals surface area contributed by atoms with Gasteiger partial charge in [0, 0.05) is 18.2 Å². The monoisotopic (exact) mass is 525 g/mol. The molecule has 1 aliphatic heterocycles. The Kier molecular flexibility index (Phi) is 7.88. The Morgan fingerprint density at radius 2 is 1.83 bits per heavy atom. The quantitative estimate of drug-likeness (QED) is 0.274. The first-order chi connectivity index (χ1) is 16.7. The van der Waals surface area contributed by atoms with E-state index in [-0.39, 0.29) is 23.1 Å². The van der Waals surface area contributed by atoms with Gasteiger partial charge in [-0.05, 0) is 48.0 Å². The number of ether oxygens (including phenoxy) is 2. The SMILES string of the molecule is CC(C)(C)OC(=O)Nc1nc(/C(=N/OC2(C(=O)OC(C)(C)C)CCC2)C(=O)N[C@H]2CONC2=O)cs1. The molecule has 1 saturated carbocycles. The molecule has 2 fully saturated rings. The number of nitrogens with one attached hydrogen (secondary N) is 3. The molecular weight excluding hydrogens is 494 g/mol. The van der Waals surface area contributed by atoms with Crippen molar-refractivity contribution in [3.05, 3.63) is 11.1 Å². The largest absolute Gasteiger partial charge is 0.457 e. The van der Waals surface area contributed by atoms with Gasteiger partial charge in [0.2, 0.25) is 5.60 Å². The van der Waals surface area contributed by atoms with E-state index in [4.69, 9.17) is 19.1 Å². The molecule has 0 bridgehead atoms. The highest BCUT2D eigenvalue weighted by Crippen LogP contribution is 2.38. The molecule has 1 atom stereocenters. The van der Waals surface area contributed by atoms with Gasteiger partial charge in [-0.25, -0.2) is 20.1 Å². The highest BCUT2D eigenvalue weighted by Gasteiger charge is 2.50. The summed E-state index contributed by atoms with van der Waals surface area (Å²) >= 11 is 1.03. The number of thiazole rings is 1. The van der Waals surface area contributed by atoms with Gasteiger partial charge < -0.3 is 19.6 Å². The van der Waals surface area contributed by atoms with Crippen molar-refractivity contribution in [3.63, 3.8) is 0 Å². The predicted molar refractivity (Wildman–Crippen MR) is 128 cm³/mol. The van der Waals surface area contributed by atoms with E-state index in [0.29, 0.717) is 12.8 Å². The van der Waals surface area contributed by atoms with Crippen molar-refractivity contribution < 1.29 is 38.3 Å². The minimum atomic E-state index is -1.33. The van der Waals surface area contributed by atoms with E-state index >= 15 is 0 Å². The third kappa shape index (κ3) is 7.13. The Morgan fingerprint density at radius 1 is 1.17 bits per heavy atom. The Labute approximate surface area is 212 Å². The van der Waals surface area contributed by atoms with Gasteiger partial charge in [0.25, 0.3) is 11.8 Å². The van der Waals surface area contributed by atoms with E-state index in [1.165, 1.54) is 5.38 Å². The second-order valence-corrected chi connectivity index (χ2v) is 11.2. The number of oxime groups is 1. The van der Waals surface area contributed by atoms with Crippen molar-refractivity contribution in [2.75, 3.05) is 11.9 Å². The molecular formula is C22H31N5O8S. The van der Waals surface area contributed by atoms with Gasteiger partial charge in [-0.2, -0.15) is 0 Å². The van der Waals surface area contributed by atoms with Gasteiger partial charge in [0.15, 0.2) is 10.8 Å². The van der Waals surface area contributed by atoms with Crippen LogP contribution in [0.25, 0.3) is 0 Å². The summed E-state index contributed by atoms with van der Waals surface area (Å²) in [5, 5.41) is 10.6. The van der Waals surface area contributed by atoms with Crippen molar-refractivity contribution in [1.29, 1.82) is 0 Å². The smallest absolute Gasteiger partial charge is 0.413 e. The van der Waals surface area contributed by atoms with Crippen molar-refractivity contribution >= 4 is 46.1 Å². The molecule has 0 aromatic carbocycles. The molecule has 0 radical (unpaired) electrons. The van der Waals surface area contributed by atoms with E-state index in [0.717, 1.165) is 17.8 Å². The van der Waals surface area contributed by atoms with Crippen molar-refractivity contribution in [3.8, 4) is 0 Å². The second kappa shape index (κ2) is 10.4. The highest BCUT2D eigenvalue weighted by molar-refractivity contribution is 7.14. The molecule has 0 unspecified atom stereocenters. The first-order valence-electron chi connectivity index (χ1n) is 11.4. The first kappa shape index (κ1) is 27.3. The van der Waals surface area contributed by atoms with Crippen LogP contribution in [0.4, 0.5) is 9.93 Å². The maximum Gasteiger partial charge on any atom is 0.413 e. The Hall–Kier alpha value is -3.26. The lowest BCUT2D eigenvalue weighted by Gasteiger charge is -2.38. The lowest BCUT2D eigenvalue weighted by molar-refractivity contribution is -0.196. The Morgan fingerprint density at radius 3 is 2.36 bits per heavy atom. The fourth-order valence-corrected chi connectivity index (χ4v) is 3.73. The van der Waals surface area contributed by atoms with Crippen LogP contribution in [-0.4, -0.2) is 64.0 Å². The summed E-state index contributed by atoms with van der Waals surface area (Å²) in [6, 6.07) is -0.954. The van der Waals surface area contributed by atoms with Gasteiger partial charge in [-0.3, -0.25) is 19.7 Å². The summed E-state index contributed by atoms with van der Waals surface area (Å²) in [6.07, 6.45) is 0.723. The molecule has 2 aliphatic rings. The number of carbonyl (C=O) groups excluding carboxylic acids is 4. The van der Waals surface area contributed by atoms with Crippen LogP contribution in [0.5, 0.6) is 0 Å². The zero-order chi connectivity index (χ0) is 26.7. The minimum Gasteiger partial charge on any atom is -0.457 e. The van der Waals surface area contributed by atoms with Gasteiger partial charge in [0.05, 0.1) is 0 Å². The van der Waals surface area contributed by atoms with Gasteiger partial charge in [-0.15, -0.1) is 11.3 Å². The number of hydroxylamine groups is 1. The van der Waals surface area contributed by atoms with E-state index in [1.807, 2.05) is 0 Å². The average molecular weight is 526 g/mol. The molecule has 1 saturated heterocycles. The molecule has 14 heteroatoms. The maximum absolute atomic E-state index is 13.1. The molecule has 3 N–H and O–H groups in total. The maximum atomic E-state index is 13.1. The van der Waals surface area contributed by atoms with Crippen LogP contribution >= 0.6 is 11.3 Å². The molecule has 36 heavy (non-hydrogen) atoms. The van der Waals surface area contributed by atoms with Crippen molar-refractivity contribution in [2.45, 2.75) is 83.6 Å². The van der Waals surface area contributed by atoms with E-state index in [1.54, 1.807) is 41.5 Å². The van der Waals surface area contributed by atoms with E-state index in [2.05, 4.69) is 26.3 Å². The van der Waals surface area contributed by atoms with Crippen LogP contribution in [0.3, 0.4) is 0 Å². The molecule has 0 spiro atoms. The van der Waals surface area contributed by atoms with Crippen LogP contribution in [0, 0.1) is 0 Å². The van der Waals surface area contributed by atoms with Crippen LogP contribution in [0.1, 0.15) is 66.5 Å². The van der Waals surface area contributed by atoms with Crippen molar-refractivity contribution in [2.24, 2.45) is 5.16 Å². The molecule has 13 nitrogen and oxygen atoms in total. The summed E-state index contributed by atoms with van der Waals surface area (Å²) in [6.45, 7) is 10.3. The highest BCUT2D eigenvalue weighted by atomic mass is 32.1. The molecule has 2 heterocycles. The normalized spacial score (nSPS) is 19.6. The molecule has 1 aliphatic carbocycles. The van der Waals surface area contributed by atoms with Gasteiger partial charge in [0.1, 0.15) is 29.5 Å². The molecule has 1 aromatic heterocycles. The zero-order valence-corrected chi connectivity index (χ0v) is 21.9. The van der Waals surface area contributed by atoms with Crippen molar-refractivity contribution in [1.82, 2.24) is 15.8 Å². The minimum absolute atomic E-state index is 0.0570. The lowest BCUT2D eigenvalue weighted by atomic mass is 9.80. The lowest BCUT2D eigenvalue weighted by Crippen LogP contribution is -2.50. The fraction of sp³-hybridized carbons (Fsp3) is 0.636. The topological polar surface area (TPSA) is 167 Å². The number of anilines is 1. The standard InChI is InChI=1S/C22H31N5O8S/c1-20(2,3)33-17(30)22(8-7-9-22)35-26-14(16(29)23-12-10-32-27-15(12)28)13-11-36-18(24-13)25-19(31)34-21(4,5)6/h11-12H,7-10H2,1-6H3,(H,23,29)(H,27,28)(H,24,25,31)/b26-14-/t12-/m0/s1. The van der Waals surface area contributed by atoms with Crippen LogP contribution in [0.15, 0.2) is 10.5 Å². The van der Waals surface area contributed by atoms with Crippen LogP contribution < -0.4 is 16.1 Å². The number of nitrogens with zero attached hydrogens (tertiary/aromatic N) is 2. The Balaban J connectivity index is 1.83. The van der Waals surface area contributed by atoms with Gasteiger partial charge in [-0.1, -0.05) is 5.16 Å². The van der Waals surface area contributed by atoms with Crippen LogP contribution in [-0.2, 0) is 33.5 Å². The third-order valence-electron chi connectivity index (χ3n) is 4.86. The number of hydrogen-bond acceptors (Lipinski definition) is 11. The number of carbonyl (C=O) groups is 4. The van der Waals surface area contributed by atoms with Crippen LogP contribution in [0.2, 0.25) is 0 Å². The van der Waals surface area contributed by atoms with Gasteiger partial charge >= 0.3 is 12.1 Å². The summed E-state index contributed by atoms with van der Waals surface area (Å²) < 4.78 is 10.7. The summed E-state index contributed by atoms with van der Waals surface area (Å²) in [5.74, 6) is -1.90. The second-order valence-electron chi connectivity index (χ2n) is 10.3. The number of hydrogen-bond donors (Lipinski definition) is 3. The molecule has 198 valence electrons. The Bertz CT molecular complexity index is 1050. The predicted octanol–water partition coefficient (Wildman–Crippen LogP) is 2.02. The average Bonchev–Trinajstić information content (AvgIpc) is 3.30.